The Balaban J connectivity index is 1.55. The van der Waals surface area contributed by atoms with Gasteiger partial charge in [0.15, 0.2) is 0 Å². The first-order valence-corrected chi connectivity index (χ1v) is 14.7. The first kappa shape index (κ1) is 25.2. The van der Waals surface area contributed by atoms with Gasteiger partial charge in [-0.2, -0.15) is 4.57 Å². The van der Waals surface area contributed by atoms with Gasteiger partial charge >= 0.3 is 0 Å². The van der Waals surface area contributed by atoms with Crippen molar-refractivity contribution in [3.8, 4) is 28.2 Å². The Kier molecular flexibility index (Phi) is 5.76. The van der Waals surface area contributed by atoms with Crippen LogP contribution in [-0.4, -0.2) is 4.57 Å². The topological polar surface area (TPSA) is 8.81 Å². The molecule has 2 aliphatic rings. The van der Waals surface area contributed by atoms with E-state index in [0.29, 0.717) is 0 Å². The van der Waals surface area contributed by atoms with Crippen LogP contribution in [0, 0.1) is 0 Å². The zero-order chi connectivity index (χ0) is 26.9. The number of aromatic nitrogens is 2. The summed E-state index contributed by atoms with van der Waals surface area (Å²) < 4.78 is 5.01. The molecular formula is C36H43N2+. The van der Waals surface area contributed by atoms with Gasteiger partial charge in [-0.05, 0) is 84.2 Å². The molecule has 0 bridgehead atoms. The van der Waals surface area contributed by atoms with E-state index < -0.39 is 0 Å². The fourth-order valence-electron chi connectivity index (χ4n) is 7.59. The number of benzene rings is 3. The van der Waals surface area contributed by atoms with Crippen molar-refractivity contribution in [3.63, 3.8) is 0 Å². The van der Waals surface area contributed by atoms with Crippen LogP contribution >= 0.6 is 0 Å². The number of imidazole rings is 1. The molecule has 6 rings (SSSR count). The van der Waals surface area contributed by atoms with Crippen LogP contribution in [0.15, 0.2) is 73.1 Å². The Morgan fingerprint density at radius 3 is 2.16 bits per heavy atom. The third kappa shape index (κ3) is 3.22. The minimum absolute atomic E-state index is 0.00379. The largest absolute Gasteiger partial charge is 0.294 e. The number of nitrogens with zero attached hydrogens (tertiary/aromatic N) is 2. The maximum atomic E-state index is 2.58. The van der Waals surface area contributed by atoms with Crippen molar-refractivity contribution in [1.29, 1.82) is 0 Å². The lowest BCUT2D eigenvalue weighted by Crippen LogP contribution is -2.67. The molecule has 2 heterocycles. The van der Waals surface area contributed by atoms with E-state index in [1.54, 1.807) is 0 Å². The Bertz CT molecular complexity index is 1540. The van der Waals surface area contributed by atoms with Crippen molar-refractivity contribution in [2.45, 2.75) is 96.9 Å². The van der Waals surface area contributed by atoms with Crippen LogP contribution in [0.3, 0.4) is 0 Å². The van der Waals surface area contributed by atoms with Gasteiger partial charge in [0.2, 0.25) is 0 Å². The van der Waals surface area contributed by atoms with Crippen LogP contribution in [0.2, 0.25) is 0 Å². The maximum absolute atomic E-state index is 2.58. The smallest absolute Gasteiger partial charge is 0.224 e. The summed E-state index contributed by atoms with van der Waals surface area (Å²) in [6.45, 7) is 16.7. The molecule has 0 spiro atoms. The van der Waals surface area contributed by atoms with Crippen molar-refractivity contribution in [1.82, 2.24) is 4.57 Å². The van der Waals surface area contributed by atoms with Gasteiger partial charge in [0.1, 0.15) is 23.6 Å². The van der Waals surface area contributed by atoms with Crippen LogP contribution in [0.25, 0.3) is 28.2 Å². The average Bonchev–Trinajstić information content (AvgIpc) is 3.48. The summed E-state index contributed by atoms with van der Waals surface area (Å²) in [4.78, 5) is 0. The average molecular weight is 504 g/mol. The highest BCUT2D eigenvalue weighted by atomic mass is 15.2. The quantitative estimate of drug-likeness (QED) is 0.232. The SMILES string of the molecule is CCCCc1ccc2c(c1)-c1cc(-n3cc[n+]4c3-c3ccccc3C(C)(CC)C4(C)CC)ccc1C2(C)C. The summed E-state index contributed by atoms with van der Waals surface area (Å²) in [5.74, 6) is 1.30. The normalized spacial score (nSPS) is 22.5. The number of aryl methyl sites for hydroxylation is 1. The van der Waals surface area contributed by atoms with Crippen LogP contribution in [-0.2, 0) is 22.8 Å². The predicted molar refractivity (Wildman–Crippen MR) is 159 cm³/mol. The molecule has 0 saturated heterocycles. The Labute approximate surface area is 229 Å². The molecule has 2 heteroatoms. The van der Waals surface area contributed by atoms with Gasteiger partial charge < -0.3 is 0 Å². The van der Waals surface area contributed by atoms with Crippen molar-refractivity contribution in [3.05, 3.63) is 95.3 Å². The molecule has 1 aliphatic heterocycles. The summed E-state index contributed by atoms with van der Waals surface area (Å²) in [6.07, 6.45) is 10.4. The molecule has 0 amide bonds. The molecule has 2 nitrogen and oxygen atoms in total. The number of hydrogen-bond acceptors (Lipinski definition) is 0. The Hall–Kier alpha value is -3.13. The molecule has 38 heavy (non-hydrogen) atoms. The second kappa shape index (κ2) is 8.70. The highest BCUT2D eigenvalue weighted by molar-refractivity contribution is 5.82. The van der Waals surface area contributed by atoms with E-state index in [2.05, 4.69) is 131 Å². The van der Waals surface area contributed by atoms with Gasteiger partial charge in [0, 0.05) is 10.8 Å². The zero-order valence-corrected chi connectivity index (χ0v) is 24.4. The molecule has 2 unspecified atom stereocenters. The van der Waals surface area contributed by atoms with Crippen molar-refractivity contribution < 1.29 is 4.57 Å². The van der Waals surface area contributed by atoms with E-state index in [1.807, 2.05) is 0 Å². The van der Waals surface area contributed by atoms with E-state index in [4.69, 9.17) is 0 Å². The Morgan fingerprint density at radius 1 is 0.737 bits per heavy atom. The van der Waals surface area contributed by atoms with E-state index in [9.17, 15) is 0 Å². The molecule has 4 aromatic rings. The van der Waals surface area contributed by atoms with Crippen LogP contribution in [0.5, 0.6) is 0 Å². The molecule has 0 saturated carbocycles. The lowest BCUT2D eigenvalue weighted by molar-refractivity contribution is -0.764. The predicted octanol–water partition coefficient (Wildman–Crippen LogP) is 8.89. The monoisotopic (exact) mass is 503 g/mol. The van der Waals surface area contributed by atoms with Gasteiger partial charge in [-0.1, -0.05) is 90.4 Å². The fourth-order valence-corrected chi connectivity index (χ4v) is 7.59. The molecule has 3 aromatic carbocycles. The summed E-state index contributed by atoms with van der Waals surface area (Å²) in [5.41, 5.74) is 11.3. The van der Waals surface area contributed by atoms with E-state index in [1.165, 1.54) is 63.3 Å². The minimum atomic E-state index is -0.00379. The first-order valence-electron chi connectivity index (χ1n) is 14.7. The highest BCUT2D eigenvalue weighted by Crippen LogP contribution is 2.51. The summed E-state index contributed by atoms with van der Waals surface area (Å²) in [6, 6.07) is 23.5. The number of hydrogen-bond donors (Lipinski definition) is 0. The molecule has 2 atom stereocenters. The highest BCUT2D eigenvalue weighted by Gasteiger charge is 2.55. The summed E-state index contributed by atoms with van der Waals surface area (Å²) in [7, 11) is 0. The molecule has 0 N–H and O–H groups in total. The van der Waals surface area contributed by atoms with Gasteiger partial charge in [0.25, 0.3) is 5.82 Å². The third-order valence-corrected chi connectivity index (χ3v) is 10.5. The molecule has 196 valence electrons. The fraction of sp³-hybridized carbons (Fsp3) is 0.417. The minimum Gasteiger partial charge on any atom is -0.224 e. The van der Waals surface area contributed by atoms with Crippen LogP contribution in [0.1, 0.15) is 96.4 Å². The zero-order valence-electron chi connectivity index (χ0n) is 24.4. The number of fused-ring (bicyclic) bond motifs is 6. The first-order chi connectivity index (χ1) is 18.2. The Morgan fingerprint density at radius 2 is 1.45 bits per heavy atom. The second-order valence-corrected chi connectivity index (χ2v) is 12.6. The molecule has 0 radical (unpaired) electrons. The number of rotatable bonds is 6. The molecule has 0 fully saturated rings. The standard InChI is InChI=1S/C36H43N2/c1-8-11-14-25-17-19-30-28(23-25)29-24-26(18-20-31(29)34(30,4)5)37-21-22-38-33(37)27-15-12-13-16-32(27)35(6,9-2)36(38,7)10-3/h12-13,15-24H,8-11,14H2,1-7H3/q+1. The van der Waals surface area contributed by atoms with E-state index >= 15 is 0 Å². The van der Waals surface area contributed by atoms with Crippen LogP contribution < -0.4 is 4.57 Å². The van der Waals surface area contributed by atoms with Gasteiger partial charge in [-0.15, -0.1) is 0 Å². The van der Waals surface area contributed by atoms with E-state index in [0.717, 1.165) is 19.3 Å². The van der Waals surface area contributed by atoms with E-state index in [-0.39, 0.29) is 16.4 Å². The second-order valence-electron chi connectivity index (χ2n) is 12.6. The summed E-state index contributed by atoms with van der Waals surface area (Å²) >= 11 is 0. The van der Waals surface area contributed by atoms with Crippen molar-refractivity contribution in [2.75, 3.05) is 0 Å². The van der Waals surface area contributed by atoms with Crippen molar-refractivity contribution >= 4 is 0 Å². The molecule has 1 aromatic heterocycles. The van der Waals surface area contributed by atoms with Gasteiger partial charge in [-0.25, -0.2) is 4.57 Å². The van der Waals surface area contributed by atoms with Crippen molar-refractivity contribution in [2.24, 2.45) is 0 Å². The molecular weight excluding hydrogens is 460 g/mol. The van der Waals surface area contributed by atoms with Crippen LogP contribution in [0.4, 0.5) is 0 Å². The maximum Gasteiger partial charge on any atom is 0.294 e. The number of unbranched alkanes of at least 4 members (excludes halogenated alkanes) is 1. The van der Waals surface area contributed by atoms with Gasteiger partial charge in [-0.3, -0.25) is 0 Å². The lowest BCUT2D eigenvalue weighted by atomic mass is 9.61. The third-order valence-electron chi connectivity index (χ3n) is 10.5. The molecule has 1 aliphatic carbocycles. The summed E-state index contributed by atoms with van der Waals surface area (Å²) in [5, 5.41) is 0. The lowest BCUT2D eigenvalue weighted by Gasteiger charge is -2.47. The van der Waals surface area contributed by atoms with Gasteiger partial charge in [0.05, 0.1) is 5.56 Å².